The lowest BCUT2D eigenvalue weighted by Crippen LogP contribution is -2.41. The van der Waals surface area contributed by atoms with E-state index < -0.39 is 5.92 Å². The summed E-state index contributed by atoms with van der Waals surface area (Å²) in [6.07, 6.45) is 2.27. The molecule has 4 heterocycles. The second-order valence-corrected chi connectivity index (χ2v) is 10.2. The third-order valence-electron chi connectivity index (χ3n) is 6.96. The predicted octanol–water partition coefficient (Wildman–Crippen LogP) is 3.46. The van der Waals surface area contributed by atoms with E-state index in [4.69, 9.17) is 4.74 Å². The van der Waals surface area contributed by atoms with Crippen LogP contribution in [-0.2, 0) is 16.6 Å². The summed E-state index contributed by atoms with van der Waals surface area (Å²) in [5, 5.41) is 9.88. The largest absolute Gasteiger partial charge is 0.488 e. The number of hydrogen-bond acceptors (Lipinski definition) is 6. The second-order valence-electron chi connectivity index (χ2n) is 9.10. The van der Waals surface area contributed by atoms with Gasteiger partial charge >= 0.3 is 0 Å². The molecule has 178 valence electrons. The maximum Gasteiger partial charge on any atom is 0.254 e. The number of amides is 3. The molecule has 5 rings (SSSR count). The molecule has 8 nitrogen and oxygen atoms in total. The van der Waals surface area contributed by atoms with Gasteiger partial charge in [0.15, 0.2) is 0 Å². The van der Waals surface area contributed by atoms with E-state index in [0.717, 1.165) is 40.6 Å². The SMILES string of the molecule is Cc1scc(C(=O)N2CCC(Oc3cccc4c(C5CCC(=O)NC5=O)nn(C)c34)CC2)c1C. The van der Waals surface area contributed by atoms with E-state index in [2.05, 4.69) is 10.4 Å². The molecule has 0 saturated carbocycles. The first-order valence-corrected chi connectivity index (χ1v) is 12.5. The molecule has 0 aliphatic carbocycles. The highest BCUT2D eigenvalue weighted by Crippen LogP contribution is 2.35. The van der Waals surface area contributed by atoms with Gasteiger partial charge in [0.2, 0.25) is 11.8 Å². The summed E-state index contributed by atoms with van der Waals surface area (Å²) < 4.78 is 8.16. The molecule has 1 unspecified atom stereocenters. The van der Waals surface area contributed by atoms with Crippen molar-refractivity contribution in [3.63, 3.8) is 0 Å². The van der Waals surface area contributed by atoms with Crippen molar-refractivity contribution in [3.05, 3.63) is 45.3 Å². The van der Waals surface area contributed by atoms with Crippen molar-refractivity contribution in [2.24, 2.45) is 7.05 Å². The Morgan fingerprint density at radius 2 is 1.94 bits per heavy atom. The number of nitrogens with one attached hydrogen (secondary N) is 1. The topological polar surface area (TPSA) is 93.5 Å². The van der Waals surface area contributed by atoms with Crippen LogP contribution in [0.3, 0.4) is 0 Å². The zero-order valence-corrected chi connectivity index (χ0v) is 20.4. The van der Waals surface area contributed by atoms with Crippen molar-refractivity contribution in [2.75, 3.05) is 13.1 Å². The Labute approximate surface area is 201 Å². The number of aryl methyl sites for hydroxylation is 2. The molecule has 0 bridgehead atoms. The maximum absolute atomic E-state index is 12.9. The molecular weight excluding hydrogens is 452 g/mol. The molecule has 1 N–H and O–H groups in total. The third-order valence-corrected chi connectivity index (χ3v) is 7.98. The van der Waals surface area contributed by atoms with Crippen LogP contribution in [-0.4, -0.2) is 51.6 Å². The van der Waals surface area contributed by atoms with Crippen LogP contribution in [0.1, 0.15) is 58.1 Å². The number of nitrogens with zero attached hydrogens (tertiary/aromatic N) is 3. The van der Waals surface area contributed by atoms with Crippen molar-refractivity contribution in [3.8, 4) is 5.75 Å². The summed E-state index contributed by atoms with van der Waals surface area (Å²) in [5.41, 5.74) is 3.39. The molecule has 0 spiro atoms. The molecule has 2 aliphatic heterocycles. The van der Waals surface area contributed by atoms with Gasteiger partial charge in [-0.1, -0.05) is 12.1 Å². The number of rotatable bonds is 4. The summed E-state index contributed by atoms with van der Waals surface area (Å²) >= 11 is 1.62. The molecule has 3 amide bonds. The Morgan fingerprint density at radius 1 is 1.18 bits per heavy atom. The van der Waals surface area contributed by atoms with E-state index in [1.807, 2.05) is 49.4 Å². The summed E-state index contributed by atoms with van der Waals surface area (Å²) in [6.45, 7) is 5.36. The number of imide groups is 1. The van der Waals surface area contributed by atoms with Crippen LogP contribution < -0.4 is 10.1 Å². The zero-order chi connectivity index (χ0) is 24.0. The lowest BCUT2D eigenvalue weighted by atomic mass is 9.93. The van der Waals surface area contributed by atoms with Crippen LogP contribution in [0.15, 0.2) is 23.6 Å². The summed E-state index contributed by atoms with van der Waals surface area (Å²) in [4.78, 5) is 40.0. The van der Waals surface area contributed by atoms with E-state index in [-0.39, 0.29) is 23.8 Å². The average molecular weight is 481 g/mol. The van der Waals surface area contributed by atoms with Crippen molar-refractivity contribution < 1.29 is 19.1 Å². The van der Waals surface area contributed by atoms with E-state index >= 15 is 0 Å². The number of ether oxygens (including phenoxy) is 1. The minimum atomic E-state index is -0.449. The van der Waals surface area contributed by atoms with E-state index in [0.29, 0.717) is 31.6 Å². The van der Waals surface area contributed by atoms with Gasteiger partial charge in [-0.3, -0.25) is 24.4 Å². The first kappa shape index (κ1) is 22.6. The average Bonchev–Trinajstić information content (AvgIpc) is 3.33. The van der Waals surface area contributed by atoms with Crippen molar-refractivity contribution in [1.82, 2.24) is 20.0 Å². The maximum atomic E-state index is 12.9. The Bertz CT molecular complexity index is 1290. The lowest BCUT2D eigenvalue weighted by molar-refractivity contribution is -0.134. The summed E-state index contributed by atoms with van der Waals surface area (Å²) in [6, 6.07) is 5.78. The lowest BCUT2D eigenvalue weighted by Gasteiger charge is -2.32. The predicted molar refractivity (Wildman–Crippen MR) is 129 cm³/mol. The number of hydrogen-bond donors (Lipinski definition) is 1. The van der Waals surface area contributed by atoms with Crippen molar-refractivity contribution >= 4 is 40.0 Å². The normalized spacial score (nSPS) is 19.5. The fourth-order valence-electron chi connectivity index (χ4n) is 4.89. The van der Waals surface area contributed by atoms with Crippen LogP contribution in [0.5, 0.6) is 5.75 Å². The zero-order valence-electron chi connectivity index (χ0n) is 19.6. The van der Waals surface area contributed by atoms with Gasteiger partial charge in [-0.15, -0.1) is 11.3 Å². The number of benzene rings is 1. The summed E-state index contributed by atoms with van der Waals surface area (Å²) in [7, 11) is 1.84. The Balaban J connectivity index is 1.31. The Hall–Kier alpha value is -3.20. The quantitative estimate of drug-likeness (QED) is 0.578. The first-order valence-electron chi connectivity index (χ1n) is 11.6. The Morgan fingerprint density at radius 3 is 2.62 bits per heavy atom. The smallest absolute Gasteiger partial charge is 0.254 e. The van der Waals surface area contributed by atoms with E-state index in [9.17, 15) is 14.4 Å². The second kappa shape index (κ2) is 8.87. The fourth-order valence-corrected chi connectivity index (χ4v) is 5.75. The molecule has 0 radical (unpaired) electrons. The van der Waals surface area contributed by atoms with Gasteiger partial charge in [-0.2, -0.15) is 5.10 Å². The van der Waals surface area contributed by atoms with Gasteiger partial charge in [0.1, 0.15) is 17.4 Å². The number of aromatic nitrogens is 2. The highest BCUT2D eigenvalue weighted by atomic mass is 32.1. The van der Waals surface area contributed by atoms with Crippen molar-refractivity contribution in [2.45, 2.75) is 51.6 Å². The molecule has 2 fully saturated rings. The first-order chi connectivity index (χ1) is 16.3. The molecular formula is C25H28N4O4S. The monoisotopic (exact) mass is 480 g/mol. The van der Waals surface area contributed by atoms with Crippen LogP contribution in [0.4, 0.5) is 0 Å². The number of carbonyl (C=O) groups is 3. The van der Waals surface area contributed by atoms with Gasteiger partial charge in [0.05, 0.1) is 17.2 Å². The molecule has 2 aromatic heterocycles. The van der Waals surface area contributed by atoms with Gasteiger partial charge in [-0.25, -0.2) is 0 Å². The highest BCUT2D eigenvalue weighted by molar-refractivity contribution is 7.10. The van der Waals surface area contributed by atoms with Crippen molar-refractivity contribution in [1.29, 1.82) is 0 Å². The van der Waals surface area contributed by atoms with E-state index in [1.165, 1.54) is 4.88 Å². The van der Waals surface area contributed by atoms with Crippen LogP contribution >= 0.6 is 11.3 Å². The molecule has 2 saturated heterocycles. The molecule has 9 heteroatoms. The highest BCUT2D eigenvalue weighted by Gasteiger charge is 2.32. The Kier molecular flexibility index (Phi) is 5.89. The third kappa shape index (κ3) is 3.98. The number of likely N-dealkylation sites (tertiary alicyclic amines) is 1. The standard InChI is InChI=1S/C25H28N4O4S/c1-14-15(2)34-13-19(14)25(32)29-11-9-16(10-12-29)33-20-6-4-5-17-22(27-28(3)23(17)20)18-7-8-21(30)26-24(18)31/h4-6,13,16,18H,7-12H2,1-3H3,(H,26,30,31). The fraction of sp³-hybridized carbons (Fsp3) is 0.440. The molecule has 2 aliphatic rings. The molecule has 34 heavy (non-hydrogen) atoms. The summed E-state index contributed by atoms with van der Waals surface area (Å²) in [5.74, 6) is -0.159. The minimum Gasteiger partial charge on any atom is -0.488 e. The van der Waals surface area contributed by atoms with Gasteiger partial charge in [0.25, 0.3) is 5.91 Å². The van der Waals surface area contributed by atoms with Gasteiger partial charge in [-0.05, 0) is 31.9 Å². The number of thiophene rings is 1. The van der Waals surface area contributed by atoms with Gasteiger partial charge in [0, 0.05) is 55.0 Å². The molecule has 1 aromatic carbocycles. The van der Waals surface area contributed by atoms with E-state index in [1.54, 1.807) is 16.0 Å². The number of carbonyl (C=O) groups excluding carboxylic acids is 3. The minimum absolute atomic E-state index is 0.00564. The molecule has 1 atom stereocenters. The van der Waals surface area contributed by atoms with Crippen LogP contribution in [0, 0.1) is 13.8 Å². The number of piperidine rings is 2. The molecule has 3 aromatic rings. The van der Waals surface area contributed by atoms with Crippen LogP contribution in [0.25, 0.3) is 10.9 Å². The van der Waals surface area contributed by atoms with Crippen LogP contribution in [0.2, 0.25) is 0 Å². The number of fused-ring (bicyclic) bond motifs is 1. The van der Waals surface area contributed by atoms with Gasteiger partial charge < -0.3 is 9.64 Å². The number of para-hydroxylation sites is 1.